The van der Waals surface area contributed by atoms with Crippen LogP contribution in [0.1, 0.15) is 26.5 Å². The summed E-state index contributed by atoms with van der Waals surface area (Å²) < 4.78 is 1.79. The molecule has 0 atom stereocenters. The van der Waals surface area contributed by atoms with Crippen LogP contribution < -0.4 is 5.32 Å². The van der Waals surface area contributed by atoms with Crippen LogP contribution in [0.15, 0.2) is 17.6 Å². The minimum absolute atomic E-state index is 0.356. The van der Waals surface area contributed by atoms with E-state index in [1.807, 2.05) is 20.2 Å². The lowest BCUT2D eigenvalue weighted by atomic mass is 10.2. The number of thiophene rings is 1. The zero-order valence-corrected chi connectivity index (χ0v) is 11.1. The number of aromatic carboxylic acids is 1. The number of rotatable bonds is 5. The van der Waals surface area contributed by atoms with Gasteiger partial charge in [0.2, 0.25) is 0 Å². The standard InChI is InChI=1S/C12H15N3O2S/c1-8-10(6-15(2)14-8)4-13-5-11-3-9(7-18-11)12(16)17/h3,6-7,13H,4-5H2,1-2H3,(H,16,17). The molecule has 2 aromatic heterocycles. The van der Waals surface area contributed by atoms with Gasteiger partial charge in [-0.2, -0.15) is 5.10 Å². The number of carboxylic acid groups (broad SMARTS) is 1. The average molecular weight is 265 g/mol. The highest BCUT2D eigenvalue weighted by Gasteiger charge is 2.07. The van der Waals surface area contributed by atoms with Crippen LogP contribution in [0, 0.1) is 6.92 Å². The van der Waals surface area contributed by atoms with Crippen molar-refractivity contribution in [3.63, 3.8) is 0 Å². The van der Waals surface area contributed by atoms with Crippen LogP contribution in [-0.2, 0) is 20.1 Å². The molecule has 0 aromatic carbocycles. The van der Waals surface area contributed by atoms with Crippen LogP contribution in [0.25, 0.3) is 0 Å². The SMILES string of the molecule is Cc1nn(C)cc1CNCc1cc(C(=O)O)cs1. The van der Waals surface area contributed by atoms with E-state index in [4.69, 9.17) is 5.11 Å². The van der Waals surface area contributed by atoms with Gasteiger partial charge in [0.05, 0.1) is 11.3 Å². The largest absolute Gasteiger partial charge is 0.478 e. The Bertz CT molecular complexity index is 559. The number of nitrogens with zero attached hydrogens (tertiary/aromatic N) is 2. The number of carboxylic acids is 1. The van der Waals surface area contributed by atoms with Gasteiger partial charge in [0.1, 0.15) is 0 Å². The third kappa shape index (κ3) is 2.96. The molecule has 18 heavy (non-hydrogen) atoms. The van der Waals surface area contributed by atoms with Crippen molar-refractivity contribution in [1.82, 2.24) is 15.1 Å². The molecule has 2 N–H and O–H groups in total. The molecule has 6 heteroatoms. The minimum Gasteiger partial charge on any atom is -0.478 e. The van der Waals surface area contributed by atoms with E-state index < -0.39 is 5.97 Å². The zero-order chi connectivity index (χ0) is 13.1. The molecule has 0 fully saturated rings. The topological polar surface area (TPSA) is 67.2 Å². The summed E-state index contributed by atoms with van der Waals surface area (Å²) in [6.07, 6.45) is 1.99. The van der Waals surface area contributed by atoms with Gasteiger partial charge < -0.3 is 10.4 Å². The second kappa shape index (κ2) is 5.32. The van der Waals surface area contributed by atoms with Crippen molar-refractivity contribution in [3.05, 3.63) is 39.3 Å². The Labute approximate surface area is 109 Å². The molecule has 2 rings (SSSR count). The molecule has 0 unspecified atom stereocenters. The fraction of sp³-hybridized carbons (Fsp3) is 0.333. The molecule has 0 aliphatic rings. The van der Waals surface area contributed by atoms with E-state index in [9.17, 15) is 4.79 Å². The van der Waals surface area contributed by atoms with Crippen molar-refractivity contribution in [2.75, 3.05) is 0 Å². The summed E-state index contributed by atoms with van der Waals surface area (Å²) in [5.74, 6) is -0.874. The molecular weight excluding hydrogens is 250 g/mol. The molecule has 0 amide bonds. The van der Waals surface area contributed by atoms with Gasteiger partial charge in [0.15, 0.2) is 0 Å². The van der Waals surface area contributed by atoms with Crippen LogP contribution >= 0.6 is 11.3 Å². The summed E-state index contributed by atoms with van der Waals surface area (Å²) in [5, 5.41) is 18.0. The van der Waals surface area contributed by atoms with Crippen molar-refractivity contribution >= 4 is 17.3 Å². The molecule has 0 aliphatic heterocycles. The Morgan fingerprint density at radius 3 is 2.89 bits per heavy atom. The maximum absolute atomic E-state index is 10.7. The highest BCUT2D eigenvalue weighted by atomic mass is 32.1. The molecule has 96 valence electrons. The monoisotopic (exact) mass is 265 g/mol. The summed E-state index contributed by atoms with van der Waals surface area (Å²) in [5.41, 5.74) is 2.53. The number of hydrogen-bond donors (Lipinski definition) is 2. The Morgan fingerprint density at radius 2 is 2.33 bits per heavy atom. The number of aromatic nitrogens is 2. The summed E-state index contributed by atoms with van der Waals surface area (Å²) in [7, 11) is 1.90. The van der Waals surface area contributed by atoms with Gasteiger partial charge in [-0.15, -0.1) is 11.3 Å². The maximum atomic E-state index is 10.7. The van der Waals surface area contributed by atoms with Crippen molar-refractivity contribution in [2.45, 2.75) is 20.0 Å². The van der Waals surface area contributed by atoms with Crippen molar-refractivity contribution in [1.29, 1.82) is 0 Å². The second-order valence-corrected chi connectivity index (χ2v) is 5.12. The number of aryl methyl sites for hydroxylation is 2. The van der Waals surface area contributed by atoms with Gasteiger partial charge in [-0.1, -0.05) is 0 Å². The first-order valence-electron chi connectivity index (χ1n) is 5.57. The van der Waals surface area contributed by atoms with Crippen LogP contribution in [-0.4, -0.2) is 20.9 Å². The predicted octanol–water partition coefficient (Wildman–Crippen LogP) is 1.78. The first-order valence-corrected chi connectivity index (χ1v) is 6.45. The predicted molar refractivity (Wildman–Crippen MR) is 69.8 cm³/mol. The molecule has 0 aliphatic carbocycles. The molecule has 0 bridgehead atoms. The lowest BCUT2D eigenvalue weighted by Gasteiger charge is -2.01. The highest BCUT2D eigenvalue weighted by molar-refractivity contribution is 7.10. The fourth-order valence-corrected chi connectivity index (χ4v) is 2.56. The summed E-state index contributed by atoms with van der Waals surface area (Å²) in [4.78, 5) is 11.8. The Morgan fingerprint density at radius 1 is 1.56 bits per heavy atom. The lowest BCUT2D eigenvalue weighted by Crippen LogP contribution is -2.12. The molecule has 0 spiro atoms. The fourth-order valence-electron chi connectivity index (χ4n) is 1.73. The molecule has 5 nitrogen and oxygen atoms in total. The third-order valence-electron chi connectivity index (χ3n) is 2.63. The number of nitrogens with one attached hydrogen (secondary N) is 1. The summed E-state index contributed by atoms with van der Waals surface area (Å²) >= 11 is 1.46. The molecule has 2 aromatic rings. The number of hydrogen-bond acceptors (Lipinski definition) is 4. The maximum Gasteiger partial charge on any atom is 0.336 e. The van der Waals surface area contributed by atoms with Gasteiger partial charge in [0, 0.05) is 42.2 Å². The van der Waals surface area contributed by atoms with Crippen LogP contribution in [0.2, 0.25) is 0 Å². The molecular formula is C12H15N3O2S. The summed E-state index contributed by atoms with van der Waals surface area (Å²) in [6.45, 7) is 3.39. The first kappa shape index (κ1) is 12.8. The smallest absolute Gasteiger partial charge is 0.336 e. The molecule has 0 saturated heterocycles. The van der Waals surface area contributed by atoms with E-state index in [0.29, 0.717) is 12.1 Å². The Kier molecular flexibility index (Phi) is 3.78. The van der Waals surface area contributed by atoms with Gasteiger partial charge in [0.25, 0.3) is 0 Å². The van der Waals surface area contributed by atoms with E-state index in [0.717, 1.165) is 22.7 Å². The molecule has 2 heterocycles. The summed E-state index contributed by atoms with van der Waals surface area (Å²) in [6, 6.07) is 1.70. The van der Waals surface area contributed by atoms with Gasteiger partial charge >= 0.3 is 5.97 Å². The van der Waals surface area contributed by atoms with Crippen LogP contribution in [0.3, 0.4) is 0 Å². The van der Waals surface area contributed by atoms with Gasteiger partial charge in [-0.3, -0.25) is 4.68 Å². The van der Waals surface area contributed by atoms with E-state index in [-0.39, 0.29) is 0 Å². The van der Waals surface area contributed by atoms with Gasteiger partial charge in [-0.05, 0) is 13.0 Å². The van der Waals surface area contributed by atoms with Crippen LogP contribution in [0.5, 0.6) is 0 Å². The lowest BCUT2D eigenvalue weighted by molar-refractivity contribution is 0.0697. The van der Waals surface area contributed by atoms with E-state index in [1.165, 1.54) is 11.3 Å². The normalized spacial score (nSPS) is 10.8. The highest BCUT2D eigenvalue weighted by Crippen LogP contribution is 2.14. The van der Waals surface area contributed by atoms with Gasteiger partial charge in [-0.25, -0.2) is 4.79 Å². The van der Waals surface area contributed by atoms with Crippen molar-refractivity contribution < 1.29 is 9.90 Å². The number of carbonyl (C=O) groups is 1. The second-order valence-electron chi connectivity index (χ2n) is 4.12. The first-order chi connectivity index (χ1) is 8.56. The minimum atomic E-state index is -0.874. The molecule has 0 saturated carbocycles. The van der Waals surface area contributed by atoms with Crippen molar-refractivity contribution in [3.8, 4) is 0 Å². The van der Waals surface area contributed by atoms with E-state index >= 15 is 0 Å². The van der Waals surface area contributed by atoms with Crippen molar-refractivity contribution in [2.24, 2.45) is 7.05 Å². The van der Waals surface area contributed by atoms with Crippen LogP contribution in [0.4, 0.5) is 0 Å². The van der Waals surface area contributed by atoms with E-state index in [2.05, 4.69) is 10.4 Å². The Hall–Kier alpha value is -1.66. The third-order valence-corrected chi connectivity index (χ3v) is 3.57. The molecule has 0 radical (unpaired) electrons. The Balaban J connectivity index is 1.88. The zero-order valence-electron chi connectivity index (χ0n) is 10.3. The quantitative estimate of drug-likeness (QED) is 0.864. The van der Waals surface area contributed by atoms with E-state index in [1.54, 1.807) is 16.1 Å². The average Bonchev–Trinajstić information content (AvgIpc) is 2.87.